The van der Waals surface area contributed by atoms with E-state index in [-0.39, 0.29) is 37.5 Å². The number of esters is 3. The topological polar surface area (TPSA) is 78.9 Å². The Labute approximate surface area is 307 Å². The van der Waals surface area contributed by atoms with Gasteiger partial charge in [0.25, 0.3) is 0 Å². The molecule has 0 aliphatic carbocycles. The summed E-state index contributed by atoms with van der Waals surface area (Å²) in [4.78, 5) is 37.4. The van der Waals surface area contributed by atoms with Crippen LogP contribution < -0.4 is 0 Å². The van der Waals surface area contributed by atoms with Gasteiger partial charge in [0.05, 0.1) is 0 Å². The lowest BCUT2D eigenvalue weighted by Crippen LogP contribution is -2.30. The third-order valence-corrected chi connectivity index (χ3v) is 8.54. The summed E-state index contributed by atoms with van der Waals surface area (Å²) in [5.74, 6) is -0.999. The van der Waals surface area contributed by atoms with E-state index >= 15 is 0 Å². The maximum atomic E-state index is 12.6. The Morgan fingerprint density at radius 2 is 0.800 bits per heavy atom. The Bertz CT molecular complexity index is 902. The number of unbranched alkanes of at least 4 members (excludes halogenated alkanes) is 17. The quantitative estimate of drug-likeness (QED) is 0.0280. The Balaban J connectivity index is 4.42. The highest BCUT2D eigenvalue weighted by Gasteiger charge is 2.19. The zero-order valence-electron chi connectivity index (χ0n) is 32.7. The summed E-state index contributed by atoms with van der Waals surface area (Å²) in [5, 5.41) is 0. The van der Waals surface area contributed by atoms with E-state index in [4.69, 9.17) is 14.2 Å². The Morgan fingerprint density at radius 1 is 0.420 bits per heavy atom. The monoisotopic (exact) mass is 701 g/mol. The largest absolute Gasteiger partial charge is 0.462 e. The second-order valence-corrected chi connectivity index (χ2v) is 13.5. The minimum atomic E-state index is -0.801. The van der Waals surface area contributed by atoms with E-state index in [0.717, 1.165) is 70.6 Å². The van der Waals surface area contributed by atoms with Gasteiger partial charge in [-0.15, -0.1) is 0 Å². The maximum absolute atomic E-state index is 12.6. The molecule has 0 aliphatic rings. The molecule has 1 unspecified atom stereocenters. The molecule has 6 nitrogen and oxygen atoms in total. The van der Waals surface area contributed by atoms with Crippen LogP contribution >= 0.6 is 0 Å². The summed E-state index contributed by atoms with van der Waals surface area (Å²) in [6.07, 6.45) is 44.0. The molecule has 0 bridgehead atoms. The summed E-state index contributed by atoms with van der Waals surface area (Å²) in [6.45, 7) is 6.38. The first-order valence-electron chi connectivity index (χ1n) is 20.6. The molecule has 0 radical (unpaired) electrons. The van der Waals surface area contributed by atoms with Crippen LogP contribution in [0.1, 0.15) is 194 Å². The number of hydrogen-bond donors (Lipinski definition) is 0. The molecule has 0 spiro atoms. The van der Waals surface area contributed by atoms with E-state index < -0.39 is 6.10 Å². The second kappa shape index (κ2) is 39.2. The fourth-order valence-electron chi connectivity index (χ4n) is 5.42. The number of ether oxygens (including phenoxy) is 3. The number of rotatable bonds is 36. The minimum Gasteiger partial charge on any atom is -0.462 e. The first kappa shape index (κ1) is 47.4. The standard InChI is InChI=1S/C44H76O6/c1-4-7-10-13-16-19-20-21-22-23-26-28-31-34-37-43(46)49-40-41(50-44(47)38-35-32-29-25-18-15-12-9-6-3)39-48-42(45)36-33-30-27-24-17-14-11-8-5-2/h9,12,18,22-25,27,41H,4-8,10-11,13-17,19-21,26,28-40H2,1-3H3/b12-9-,23-22-,25-18-,27-24-. The number of allylic oxidation sites excluding steroid dienone is 8. The van der Waals surface area contributed by atoms with Crippen molar-refractivity contribution in [3.63, 3.8) is 0 Å². The first-order valence-corrected chi connectivity index (χ1v) is 20.6. The molecule has 0 rings (SSSR count). The lowest BCUT2D eigenvalue weighted by Gasteiger charge is -2.18. The van der Waals surface area contributed by atoms with Crippen molar-refractivity contribution in [1.82, 2.24) is 0 Å². The van der Waals surface area contributed by atoms with Crippen LogP contribution in [0.2, 0.25) is 0 Å². The molecule has 0 aromatic rings. The van der Waals surface area contributed by atoms with Crippen molar-refractivity contribution >= 4 is 17.9 Å². The summed E-state index contributed by atoms with van der Waals surface area (Å²) in [7, 11) is 0. The van der Waals surface area contributed by atoms with Gasteiger partial charge in [-0.05, 0) is 89.9 Å². The molecule has 50 heavy (non-hydrogen) atoms. The Kier molecular flexibility index (Phi) is 37.1. The highest BCUT2D eigenvalue weighted by atomic mass is 16.6. The smallest absolute Gasteiger partial charge is 0.306 e. The molecule has 1 atom stereocenters. The van der Waals surface area contributed by atoms with Crippen LogP contribution in [0.25, 0.3) is 0 Å². The average molecular weight is 701 g/mol. The SMILES string of the molecule is CC/C=C\C/C=C\CCCCC(=O)OC(COC(=O)CCC/C=C\CCCCCC)COC(=O)CCCCC/C=C\CCCCCCCCC. The fourth-order valence-corrected chi connectivity index (χ4v) is 5.42. The predicted molar refractivity (Wildman–Crippen MR) is 210 cm³/mol. The van der Waals surface area contributed by atoms with Crippen molar-refractivity contribution in [2.24, 2.45) is 0 Å². The predicted octanol–water partition coefficient (Wildman–Crippen LogP) is 12.8. The van der Waals surface area contributed by atoms with Crippen LogP contribution in [0.3, 0.4) is 0 Å². The van der Waals surface area contributed by atoms with Gasteiger partial charge in [0, 0.05) is 19.3 Å². The Morgan fingerprint density at radius 3 is 1.36 bits per heavy atom. The van der Waals surface area contributed by atoms with Gasteiger partial charge in [-0.1, -0.05) is 134 Å². The highest BCUT2D eigenvalue weighted by Crippen LogP contribution is 2.11. The van der Waals surface area contributed by atoms with E-state index in [9.17, 15) is 14.4 Å². The van der Waals surface area contributed by atoms with E-state index in [1.54, 1.807) is 0 Å². The fraction of sp³-hybridized carbons (Fsp3) is 0.750. The molecule has 0 aromatic heterocycles. The van der Waals surface area contributed by atoms with Crippen molar-refractivity contribution in [3.8, 4) is 0 Å². The zero-order valence-corrected chi connectivity index (χ0v) is 32.7. The lowest BCUT2D eigenvalue weighted by atomic mass is 10.1. The first-order chi connectivity index (χ1) is 24.5. The van der Waals surface area contributed by atoms with E-state index in [1.165, 1.54) is 70.6 Å². The molecule has 0 aliphatic heterocycles. The molecule has 0 saturated heterocycles. The third kappa shape index (κ3) is 36.6. The van der Waals surface area contributed by atoms with E-state index in [0.29, 0.717) is 25.7 Å². The van der Waals surface area contributed by atoms with Crippen molar-refractivity contribution in [3.05, 3.63) is 48.6 Å². The number of carbonyl (C=O) groups excluding carboxylic acids is 3. The molecule has 0 saturated carbocycles. The van der Waals surface area contributed by atoms with Gasteiger partial charge in [-0.3, -0.25) is 14.4 Å². The molecule has 0 heterocycles. The van der Waals surface area contributed by atoms with Gasteiger partial charge in [-0.25, -0.2) is 0 Å². The zero-order chi connectivity index (χ0) is 36.6. The van der Waals surface area contributed by atoms with Crippen LogP contribution in [0.15, 0.2) is 48.6 Å². The van der Waals surface area contributed by atoms with Gasteiger partial charge < -0.3 is 14.2 Å². The summed E-state index contributed by atoms with van der Waals surface area (Å²) < 4.78 is 16.5. The third-order valence-electron chi connectivity index (χ3n) is 8.54. The highest BCUT2D eigenvalue weighted by molar-refractivity contribution is 5.71. The van der Waals surface area contributed by atoms with Crippen LogP contribution in [0, 0.1) is 0 Å². The van der Waals surface area contributed by atoms with Crippen molar-refractivity contribution in [2.45, 2.75) is 200 Å². The van der Waals surface area contributed by atoms with Gasteiger partial charge in [0.2, 0.25) is 0 Å². The summed E-state index contributed by atoms with van der Waals surface area (Å²) in [5.41, 5.74) is 0. The van der Waals surface area contributed by atoms with Gasteiger partial charge in [-0.2, -0.15) is 0 Å². The normalized spacial score (nSPS) is 12.5. The number of hydrogen-bond acceptors (Lipinski definition) is 6. The molecular weight excluding hydrogens is 624 g/mol. The molecular formula is C44H76O6. The summed E-state index contributed by atoms with van der Waals surface area (Å²) in [6, 6.07) is 0. The average Bonchev–Trinajstić information content (AvgIpc) is 3.11. The van der Waals surface area contributed by atoms with Crippen molar-refractivity contribution in [2.75, 3.05) is 13.2 Å². The van der Waals surface area contributed by atoms with Gasteiger partial charge in [0.15, 0.2) is 6.10 Å². The summed E-state index contributed by atoms with van der Waals surface area (Å²) >= 11 is 0. The molecule has 0 aromatic carbocycles. The molecule has 6 heteroatoms. The second-order valence-electron chi connectivity index (χ2n) is 13.5. The van der Waals surface area contributed by atoms with Gasteiger partial charge >= 0.3 is 17.9 Å². The molecule has 0 amide bonds. The van der Waals surface area contributed by atoms with Gasteiger partial charge in [0.1, 0.15) is 13.2 Å². The van der Waals surface area contributed by atoms with E-state index in [2.05, 4.69) is 69.4 Å². The maximum Gasteiger partial charge on any atom is 0.306 e. The van der Waals surface area contributed by atoms with Crippen LogP contribution in [0.4, 0.5) is 0 Å². The van der Waals surface area contributed by atoms with Crippen LogP contribution in [-0.4, -0.2) is 37.2 Å². The molecule has 0 N–H and O–H groups in total. The Hall–Kier alpha value is -2.63. The molecule has 288 valence electrons. The molecule has 0 fully saturated rings. The van der Waals surface area contributed by atoms with E-state index in [1.807, 2.05) is 0 Å². The van der Waals surface area contributed by atoms with Crippen molar-refractivity contribution in [1.29, 1.82) is 0 Å². The van der Waals surface area contributed by atoms with Crippen molar-refractivity contribution < 1.29 is 28.6 Å². The van der Waals surface area contributed by atoms with Crippen LogP contribution in [-0.2, 0) is 28.6 Å². The lowest BCUT2D eigenvalue weighted by molar-refractivity contribution is -0.167. The number of carbonyl (C=O) groups is 3. The van der Waals surface area contributed by atoms with Crippen LogP contribution in [0.5, 0.6) is 0 Å². The minimum absolute atomic E-state index is 0.103.